The molecule has 1 N–H and O–H groups in total. The first-order chi connectivity index (χ1) is 15.1. The molecule has 0 spiro atoms. The number of benzene rings is 3. The maximum Gasteiger partial charge on any atom is 0.424 e. The zero-order valence-electron chi connectivity index (χ0n) is 17.3. The van der Waals surface area contributed by atoms with Gasteiger partial charge in [-0.2, -0.15) is 18.3 Å². The largest absolute Gasteiger partial charge is 0.490 e. The van der Waals surface area contributed by atoms with Gasteiger partial charge in [0.1, 0.15) is 18.2 Å². The van der Waals surface area contributed by atoms with Crippen molar-refractivity contribution in [2.75, 3.05) is 6.61 Å². The van der Waals surface area contributed by atoms with Gasteiger partial charge in [-0.25, -0.2) is 9.07 Å². The summed E-state index contributed by atoms with van der Waals surface area (Å²) in [6, 6.07) is 14.5. The average Bonchev–Trinajstić information content (AvgIpc) is 3.14. The van der Waals surface area contributed by atoms with E-state index < -0.39 is 24.2 Å². The molecule has 8 heteroatoms. The quantitative estimate of drug-likeness (QED) is 0.407. The van der Waals surface area contributed by atoms with Gasteiger partial charge in [0.25, 0.3) is 0 Å². The number of alkyl halides is 3. The molecule has 0 bridgehead atoms. The summed E-state index contributed by atoms with van der Waals surface area (Å²) in [7, 11) is 0. The van der Waals surface area contributed by atoms with Crippen LogP contribution in [0, 0.1) is 19.7 Å². The maximum atomic E-state index is 14.0. The van der Waals surface area contributed by atoms with Gasteiger partial charge in [0.2, 0.25) is 5.60 Å². The Balaban J connectivity index is 1.70. The molecule has 166 valence electrons. The van der Waals surface area contributed by atoms with E-state index in [0.717, 1.165) is 11.1 Å². The molecule has 4 rings (SSSR count). The summed E-state index contributed by atoms with van der Waals surface area (Å²) in [5.41, 5.74) is -0.842. The predicted molar refractivity (Wildman–Crippen MR) is 112 cm³/mol. The highest BCUT2D eigenvalue weighted by Crippen LogP contribution is 2.40. The topological polar surface area (TPSA) is 47.3 Å². The van der Waals surface area contributed by atoms with Crippen LogP contribution in [0.5, 0.6) is 5.75 Å². The van der Waals surface area contributed by atoms with E-state index in [-0.39, 0.29) is 11.3 Å². The molecule has 0 aliphatic carbocycles. The summed E-state index contributed by atoms with van der Waals surface area (Å²) in [6.07, 6.45) is -3.59. The number of rotatable bonds is 5. The van der Waals surface area contributed by atoms with Crippen molar-refractivity contribution in [2.45, 2.75) is 25.6 Å². The molecule has 3 aromatic carbocycles. The minimum atomic E-state index is -4.98. The molecule has 1 aromatic heterocycles. The van der Waals surface area contributed by atoms with E-state index in [0.29, 0.717) is 16.6 Å². The Morgan fingerprint density at radius 2 is 1.59 bits per heavy atom. The average molecular weight is 444 g/mol. The molecule has 1 heterocycles. The maximum absolute atomic E-state index is 14.0. The van der Waals surface area contributed by atoms with E-state index in [9.17, 15) is 22.7 Å². The SMILES string of the molecule is Cc1cc(C)cc(OCC(O)(c2ccc3c(cnn3-c3ccc(F)cc3)c2)C(F)(F)F)c1. The Morgan fingerprint density at radius 3 is 2.22 bits per heavy atom. The Kier molecular flexibility index (Phi) is 5.42. The van der Waals surface area contributed by atoms with Crippen LogP contribution in [-0.2, 0) is 5.60 Å². The Morgan fingerprint density at radius 1 is 0.938 bits per heavy atom. The molecule has 0 aliphatic heterocycles. The first kappa shape index (κ1) is 21.8. The summed E-state index contributed by atoms with van der Waals surface area (Å²) < 4.78 is 62.0. The fourth-order valence-corrected chi connectivity index (χ4v) is 3.61. The van der Waals surface area contributed by atoms with Gasteiger partial charge in [0.15, 0.2) is 0 Å². The second-order valence-electron chi connectivity index (χ2n) is 7.78. The molecular weight excluding hydrogens is 424 g/mol. The number of fused-ring (bicyclic) bond motifs is 1. The van der Waals surface area contributed by atoms with E-state index in [1.807, 2.05) is 19.9 Å². The lowest BCUT2D eigenvalue weighted by Crippen LogP contribution is -2.47. The number of halogens is 4. The highest BCUT2D eigenvalue weighted by Gasteiger charge is 2.56. The number of nitrogens with zero attached hydrogens (tertiary/aromatic N) is 2. The van der Waals surface area contributed by atoms with Crippen molar-refractivity contribution in [3.63, 3.8) is 0 Å². The van der Waals surface area contributed by atoms with Crippen LogP contribution in [-0.4, -0.2) is 27.7 Å². The summed E-state index contributed by atoms with van der Waals surface area (Å²) in [4.78, 5) is 0. The van der Waals surface area contributed by atoms with Gasteiger partial charge >= 0.3 is 6.18 Å². The van der Waals surface area contributed by atoms with Crippen molar-refractivity contribution >= 4 is 10.9 Å². The zero-order valence-corrected chi connectivity index (χ0v) is 17.3. The Labute approximate surface area is 181 Å². The van der Waals surface area contributed by atoms with E-state index in [4.69, 9.17) is 4.74 Å². The summed E-state index contributed by atoms with van der Waals surface area (Å²) in [5.74, 6) is -0.165. The number of aryl methyl sites for hydroxylation is 2. The molecular formula is C24H20F4N2O2. The number of hydrogen-bond acceptors (Lipinski definition) is 3. The molecule has 4 aromatic rings. The lowest BCUT2D eigenvalue weighted by Gasteiger charge is -2.31. The highest BCUT2D eigenvalue weighted by molar-refractivity contribution is 5.81. The van der Waals surface area contributed by atoms with Crippen molar-refractivity contribution in [1.29, 1.82) is 0 Å². The second kappa shape index (κ2) is 7.94. The van der Waals surface area contributed by atoms with Gasteiger partial charge < -0.3 is 9.84 Å². The lowest BCUT2D eigenvalue weighted by molar-refractivity contribution is -0.275. The van der Waals surface area contributed by atoms with Crippen molar-refractivity contribution in [2.24, 2.45) is 0 Å². The molecule has 0 amide bonds. The van der Waals surface area contributed by atoms with E-state index in [1.165, 1.54) is 53.3 Å². The summed E-state index contributed by atoms with van der Waals surface area (Å²) in [5, 5.41) is 15.3. The molecule has 0 saturated carbocycles. The minimum Gasteiger partial charge on any atom is -0.490 e. The van der Waals surface area contributed by atoms with Crippen molar-refractivity contribution in [1.82, 2.24) is 9.78 Å². The van der Waals surface area contributed by atoms with Gasteiger partial charge in [-0.3, -0.25) is 0 Å². The van der Waals surface area contributed by atoms with Crippen LogP contribution in [0.1, 0.15) is 16.7 Å². The molecule has 0 radical (unpaired) electrons. The molecule has 0 saturated heterocycles. The van der Waals surface area contributed by atoms with E-state index >= 15 is 0 Å². The molecule has 32 heavy (non-hydrogen) atoms. The third-order valence-electron chi connectivity index (χ3n) is 5.23. The lowest BCUT2D eigenvalue weighted by atomic mass is 9.93. The van der Waals surface area contributed by atoms with Gasteiger partial charge in [0.05, 0.1) is 17.4 Å². The fraction of sp³-hybridized carbons (Fsp3) is 0.208. The van der Waals surface area contributed by atoms with E-state index in [2.05, 4.69) is 5.10 Å². The van der Waals surface area contributed by atoms with Crippen molar-refractivity contribution < 1.29 is 27.4 Å². The van der Waals surface area contributed by atoms with Crippen LogP contribution in [0.2, 0.25) is 0 Å². The first-order valence-corrected chi connectivity index (χ1v) is 9.81. The summed E-state index contributed by atoms with van der Waals surface area (Å²) in [6.45, 7) is 2.61. The number of hydrogen-bond donors (Lipinski definition) is 1. The monoisotopic (exact) mass is 444 g/mol. The molecule has 0 fully saturated rings. The van der Waals surface area contributed by atoms with Gasteiger partial charge in [-0.05, 0) is 79.1 Å². The zero-order chi connectivity index (χ0) is 23.1. The van der Waals surface area contributed by atoms with Crippen LogP contribution in [0.25, 0.3) is 16.6 Å². The normalized spacial score (nSPS) is 13.8. The smallest absolute Gasteiger partial charge is 0.424 e. The van der Waals surface area contributed by atoms with Gasteiger partial charge in [-0.1, -0.05) is 12.1 Å². The van der Waals surface area contributed by atoms with Gasteiger partial charge in [0, 0.05) is 5.39 Å². The Hall–Kier alpha value is -3.39. The van der Waals surface area contributed by atoms with Crippen LogP contribution >= 0.6 is 0 Å². The second-order valence-corrected chi connectivity index (χ2v) is 7.78. The van der Waals surface area contributed by atoms with E-state index in [1.54, 1.807) is 12.1 Å². The highest BCUT2D eigenvalue weighted by atomic mass is 19.4. The Bertz CT molecular complexity index is 1250. The van der Waals surface area contributed by atoms with Crippen LogP contribution in [0.4, 0.5) is 17.6 Å². The van der Waals surface area contributed by atoms with Gasteiger partial charge in [-0.15, -0.1) is 0 Å². The standard InChI is InChI=1S/C24H20F4N2O2/c1-15-9-16(2)11-21(10-15)32-14-23(31,24(26,27)28)18-3-8-22-17(12-18)13-29-30(22)20-6-4-19(25)5-7-20/h3-13,31H,14H2,1-2H3. The molecule has 1 unspecified atom stereocenters. The van der Waals surface area contributed by atoms with Crippen molar-refractivity contribution in [3.05, 3.63) is 89.4 Å². The van der Waals surface area contributed by atoms with Crippen LogP contribution < -0.4 is 4.74 Å². The number of ether oxygens (including phenoxy) is 1. The number of aliphatic hydroxyl groups is 1. The third kappa shape index (κ3) is 4.05. The molecule has 0 aliphatic rings. The minimum absolute atomic E-state index is 0.246. The van der Waals surface area contributed by atoms with Crippen LogP contribution in [0.15, 0.2) is 66.9 Å². The third-order valence-corrected chi connectivity index (χ3v) is 5.23. The fourth-order valence-electron chi connectivity index (χ4n) is 3.61. The molecule has 4 nitrogen and oxygen atoms in total. The first-order valence-electron chi connectivity index (χ1n) is 9.81. The summed E-state index contributed by atoms with van der Waals surface area (Å²) >= 11 is 0. The molecule has 1 atom stereocenters. The van der Waals surface area contributed by atoms with Crippen molar-refractivity contribution in [3.8, 4) is 11.4 Å². The number of aromatic nitrogens is 2. The predicted octanol–water partition coefficient (Wildman–Crippen LogP) is 5.61. The van der Waals surface area contributed by atoms with Crippen LogP contribution in [0.3, 0.4) is 0 Å².